The number of halogens is 1. The van der Waals surface area contributed by atoms with Gasteiger partial charge in [-0.15, -0.1) is 11.8 Å². The smallest absolute Gasteiger partial charge is 0.0189 e. The number of hydrogen-bond donors (Lipinski definition) is 1. The van der Waals surface area contributed by atoms with Crippen LogP contribution in [-0.2, 0) is 0 Å². The highest BCUT2D eigenvalue weighted by atomic mass is 79.9. The second kappa shape index (κ2) is 9.84. The van der Waals surface area contributed by atoms with Crippen LogP contribution in [0.5, 0.6) is 0 Å². The highest BCUT2D eigenvalue weighted by Crippen LogP contribution is 2.25. The average molecular weight is 344 g/mol. The highest BCUT2D eigenvalue weighted by Gasteiger charge is 2.17. The van der Waals surface area contributed by atoms with Crippen molar-refractivity contribution in [2.75, 3.05) is 12.3 Å². The zero-order valence-corrected chi connectivity index (χ0v) is 14.7. The maximum absolute atomic E-state index is 3.72. The lowest BCUT2D eigenvalue weighted by Gasteiger charge is -2.26. The zero-order valence-electron chi connectivity index (χ0n) is 12.3. The molecule has 0 amide bonds. The van der Waals surface area contributed by atoms with Crippen LogP contribution in [0.15, 0.2) is 33.6 Å². The summed E-state index contributed by atoms with van der Waals surface area (Å²) < 4.78 is 1.16. The lowest BCUT2D eigenvalue weighted by molar-refractivity contribution is 0.360. The van der Waals surface area contributed by atoms with E-state index >= 15 is 0 Å². The maximum atomic E-state index is 3.72. The lowest BCUT2D eigenvalue weighted by atomic mass is 9.95. The van der Waals surface area contributed by atoms with Gasteiger partial charge < -0.3 is 5.32 Å². The number of benzene rings is 1. The van der Waals surface area contributed by atoms with Crippen LogP contribution in [-0.4, -0.2) is 18.3 Å². The summed E-state index contributed by atoms with van der Waals surface area (Å²) in [5.41, 5.74) is 0. The SMILES string of the molecule is CCCNC(CSc1cccc(Br)c1)C(CC)CC. The molecule has 0 aromatic heterocycles. The second-order valence-corrected chi connectivity index (χ2v) is 6.91. The molecule has 1 rings (SSSR count). The summed E-state index contributed by atoms with van der Waals surface area (Å²) in [4.78, 5) is 1.35. The van der Waals surface area contributed by atoms with Crippen LogP contribution in [0.4, 0.5) is 0 Å². The van der Waals surface area contributed by atoms with Crippen molar-refractivity contribution in [3.8, 4) is 0 Å². The molecule has 0 aliphatic carbocycles. The molecule has 108 valence electrons. The first kappa shape index (κ1) is 17.1. The third-order valence-corrected chi connectivity index (χ3v) is 5.11. The Balaban J connectivity index is 2.56. The Labute approximate surface area is 131 Å². The van der Waals surface area contributed by atoms with E-state index in [1.165, 1.54) is 24.2 Å². The van der Waals surface area contributed by atoms with Gasteiger partial charge in [-0.3, -0.25) is 0 Å². The predicted molar refractivity (Wildman–Crippen MR) is 91.0 cm³/mol. The first-order chi connectivity index (χ1) is 9.21. The standard InChI is InChI=1S/C16H26BrNS/c1-4-10-18-16(13(5-2)6-3)12-19-15-9-7-8-14(17)11-15/h7-9,11,13,16,18H,4-6,10,12H2,1-3H3. The minimum absolute atomic E-state index is 0.624. The predicted octanol–water partition coefficient (Wildman–Crippen LogP) is 5.35. The second-order valence-electron chi connectivity index (χ2n) is 4.91. The Morgan fingerprint density at radius 2 is 1.95 bits per heavy atom. The van der Waals surface area contributed by atoms with Crippen molar-refractivity contribution in [3.63, 3.8) is 0 Å². The maximum Gasteiger partial charge on any atom is 0.0189 e. The quantitative estimate of drug-likeness (QED) is 0.607. The van der Waals surface area contributed by atoms with Crippen molar-refractivity contribution in [3.05, 3.63) is 28.7 Å². The molecule has 1 nitrogen and oxygen atoms in total. The fraction of sp³-hybridized carbons (Fsp3) is 0.625. The minimum Gasteiger partial charge on any atom is -0.313 e. The molecule has 1 atom stereocenters. The summed E-state index contributed by atoms with van der Waals surface area (Å²) >= 11 is 5.50. The average Bonchev–Trinajstić information content (AvgIpc) is 2.42. The van der Waals surface area contributed by atoms with Crippen molar-refractivity contribution in [2.45, 2.75) is 51.0 Å². The number of nitrogens with one attached hydrogen (secondary N) is 1. The molecular formula is C16H26BrNS. The van der Waals surface area contributed by atoms with Gasteiger partial charge in [0.2, 0.25) is 0 Å². The van der Waals surface area contributed by atoms with Gasteiger partial charge in [0, 0.05) is 21.2 Å². The van der Waals surface area contributed by atoms with Crippen LogP contribution in [0.1, 0.15) is 40.0 Å². The van der Waals surface area contributed by atoms with E-state index in [2.05, 4.69) is 66.3 Å². The van der Waals surface area contributed by atoms with Gasteiger partial charge in [0.15, 0.2) is 0 Å². The van der Waals surface area contributed by atoms with Crippen molar-refractivity contribution in [2.24, 2.45) is 5.92 Å². The molecule has 0 bridgehead atoms. The van der Waals surface area contributed by atoms with Crippen LogP contribution >= 0.6 is 27.7 Å². The van der Waals surface area contributed by atoms with Gasteiger partial charge in [-0.1, -0.05) is 55.6 Å². The van der Waals surface area contributed by atoms with Crippen molar-refractivity contribution < 1.29 is 0 Å². The molecular weight excluding hydrogens is 318 g/mol. The Bertz CT molecular complexity index is 352. The van der Waals surface area contributed by atoms with Crippen LogP contribution < -0.4 is 5.32 Å². The van der Waals surface area contributed by atoms with Crippen LogP contribution in [0.2, 0.25) is 0 Å². The largest absolute Gasteiger partial charge is 0.313 e. The zero-order chi connectivity index (χ0) is 14.1. The fourth-order valence-corrected chi connectivity index (χ4v) is 3.99. The Kier molecular flexibility index (Phi) is 8.84. The summed E-state index contributed by atoms with van der Waals surface area (Å²) in [7, 11) is 0. The van der Waals surface area contributed by atoms with E-state index in [4.69, 9.17) is 0 Å². The Hall–Kier alpha value is 0.01000. The Morgan fingerprint density at radius 1 is 1.21 bits per heavy atom. The van der Waals surface area contributed by atoms with E-state index in [1.54, 1.807) is 0 Å². The third kappa shape index (κ3) is 6.33. The molecule has 19 heavy (non-hydrogen) atoms. The third-order valence-electron chi connectivity index (χ3n) is 3.50. The van der Waals surface area contributed by atoms with Gasteiger partial charge in [0.25, 0.3) is 0 Å². The molecule has 0 radical (unpaired) electrons. The van der Waals surface area contributed by atoms with Gasteiger partial charge in [-0.2, -0.15) is 0 Å². The molecule has 1 unspecified atom stereocenters. The van der Waals surface area contributed by atoms with Crippen molar-refractivity contribution in [1.29, 1.82) is 0 Å². The molecule has 0 fully saturated rings. The van der Waals surface area contributed by atoms with Gasteiger partial charge in [-0.25, -0.2) is 0 Å². The summed E-state index contributed by atoms with van der Waals surface area (Å²) in [6.07, 6.45) is 3.73. The van der Waals surface area contributed by atoms with Crippen molar-refractivity contribution >= 4 is 27.7 Å². The summed E-state index contributed by atoms with van der Waals surface area (Å²) in [6, 6.07) is 9.21. The van der Waals surface area contributed by atoms with Crippen molar-refractivity contribution in [1.82, 2.24) is 5.32 Å². The van der Waals surface area contributed by atoms with Gasteiger partial charge in [0.05, 0.1) is 0 Å². The molecule has 0 spiro atoms. The fourth-order valence-electron chi connectivity index (χ4n) is 2.29. The van der Waals surface area contributed by atoms with E-state index in [-0.39, 0.29) is 0 Å². The molecule has 0 aliphatic rings. The Morgan fingerprint density at radius 3 is 2.53 bits per heavy atom. The van der Waals surface area contributed by atoms with Gasteiger partial charge in [0.1, 0.15) is 0 Å². The normalized spacial score (nSPS) is 12.9. The van der Waals surface area contributed by atoms with E-state index in [9.17, 15) is 0 Å². The van der Waals surface area contributed by atoms with Crippen LogP contribution in [0.25, 0.3) is 0 Å². The molecule has 0 aliphatic heterocycles. The first-order valence-corrected chi connectivity index (χ1v) is 9.10. The van der Waals surface area contributed by atoms with E-state index in [1.807, 2.05) is 11.8 Å². The van der Waals surface area contributed by atoms with Crippen LogP contribution in [0, 0.1) is 5.92 Å². The summed E-state index contributed by atoms with van der Waals surface area (Å²) in [5, 5.41) is 3.72. The lowest BCUT2D eigenvalue weighted by Crippen LogP contribution is -2.38. The van der Waals surface area contributed by atoms with E-state index in [0.717, 1.165) is 22.7 Å². The van der Waals surface area contributed by atoms with E-state index in [0.29, 0.717) is 6.04 Å². The number of rotatable bonds is 9. The van der Waals surface area contributed by atoms with Crippen LogP contribution in [0.3, 0.4) is 0 Å². The molecule has 1 N–H and O–H groups in total. The molecule has 1 aromatic rings. The molecule has 3 heteroatoms. The monoisotopic (exact) mass is 343 g/mol. The molecule has 0 heterocycles. The molecule has 1 aromatic carbocycles. The summed E-state index contributed by atoms with van der Waals surface area (Å²) in [5.74, 6) is 1.94. The highest BCUT2D eigenvalue weighted by molar-refractivity contribution is 9.10. The topological polar surface area (TPSA) is 12.0 Å². The first-order valence-electron chi connectivity index (χ1n) is 7.32. The number of thioether (sulfide) groups is 1. The molecule has 0 saturated heterocycles. The molecule has 0 saturated carbocycles. The summed E-state index contributed by atoms with van der Waals surface area (Å²) in [6.45, 7) is 7.97. The number of hydrogen-bond acceptors (Lipinski definition) is 2. The van der Waals surface area contributed by atoms with Gasteiger partial charge >= 0.3 is 0 Å². The minimum atomic E-state index is 0.624. The van der Waals surface area contributed by atoms with E-state index < -0.39 is 0 Å². The van der Waals surface area contributed by atoms with Gasteiger partial charge in [-0.05, 0) is 37.1 Å².